The molecule has 1 amide bonds. The number of benzene rings is 3. The highest BCUT2D eigenvalue weighted by molar-refractivity contribution is 6.35. The topological polar surface area (TPSA) is 55.2 Å². The number of rotatable bonds is 2. The average molecular weight is 407 g/mol. The van der Waals surface area contributed by atoms with Crippen LogP contribution in [-0.4, -0.2) is 22.5 Å². The van der Waals surface area contributed by atoms with Gasteiger partial charge in [-0.25, -0.2) is 4.98 Å². The fourth-order valence-electron chi connectivity index (χ4n) is 4.02. The Bertz CT molecular complexity index is 1450. The monoisotopic (exact) mass is 407 g/mol. The van der Waals surface area contributed by atoms with E-state index in [0.29, 0.717) is 28.0 Å². The van der Waals surface area contributed by atoms with Crippen LogP contribution in [0.5, 0.6) is 0 Å². The second-order valence-electron chi connectivity index (χ2n) is 7.91. The van der Waals surface area contributed by atoms with E-state index in [-0.39, 0.29) is 11.5 Å². The summed E-state index contributed by atoms with van der Waals surface area (Å²) in [4.78, 5) is 32.9. The number of aryl methyl sites for hydroxylation is 2. The van der Waals surface area contributed by atoms with E-state index < -0.39 is 0 Å². The van der Waals surface area contributed by atoms with Crippen molar-refractivity contribution in [3.8, 4) is 5.69 Å². The van der Waals surface area contributed by atoms with Crippen LogP contribution in [0.2, 0.25) is 0 Å². The quantitative estimate of drug-likeness (QED) is 0.459. The van der Waals surface area contributed by atoms with E-state index in [1.54, 1.807) is 28.7 Å². The number of carbonyl (C=O) groups excluding carboxylic acids is 1. The SMILES string of the molecule is Cc1ccc(-n2c(/C=C3/C(=O)N(C)c4ccc(C)cc43)nc3ccccc3c2=O)cc1. The Morgan fingerprint density at radius 1 is 0.871 bits per heavy atom. The molecule has 1 aliphatic heterocycles. The van der Waals surface area contributed by atoms with Gasteiger partial charge in [-0.2, -0.15) is 0 Å². The smallest absolute Gasteiger partial charge is 0.266 e. The first-order valence-corrected chi connectivity index (χ1v) is 10.1. The van der Waals surface area contributed by atoms with Gasteiger partial charge in [-0.3, -0.25) is 14.2 Å². The summed E-state index contributed by atoms with van der Waals surface area (Å²) in [6.07, 6.45) is 1.73. The first-order chi connectivity index (χ1) is 14.9. The number of aromatic nitrogens is 2. The van der Waals surface area contributed by atoms with Gasteiger partial charge in [-0.15, -0.1) is 0 Å². The van der Waals surface area contributed by atoms with Gasteiger partial charge in [-0.1, -0.05) is 41.5 Å². The molecule has 0 unspecified atom stereocenters. The minimum absolute atomic E-state index is 0.113. The van der Waals surface area contributed by atoms with Gasteiger partial charge in [-0.05, 0) is 56.3 Å². The summed E-state index contributed by atoms with van der Waals surface area (Å²) in [6, 6.07) is 20.9. The predicted molar refractivity (Wildman–Crippen MR) is 125 cm³/mol. The van der Waals surface area contributed by atoms with Gasteiger partial charge < -0.3 is 4.90 Å². The summed E-state index contributed by atoms with van der Waals surface area (Å²) >= 11 is 0. The Morgan fingerprint density at radius 3 is 2.35 bits per heavy atom. The number of amides is 1. The number of hydrogen-bond acceptors (Lipinski definition) is 3. The van der Waals surface area contributed by atoms with Gasteiger partial charge in [0.25, 0.3) is 11.5 Å². The molecule has 0 atom stereocenters. The maximum Gasteiger partial charge on any atom is 0.266 e. The normalized spacial score (nSPS) is 14.5. The predicted octanol–water partition coefficient (Wildman–Crippen LogP) is 4.52. The van der Waals surface area contributed by atoms with E-state index in [1.165, 1.54) is 0 Å². The Labute approximate surface area is 179 Å². The van der Waals surface area contributed by atoms with Crippen LogP contribution in [0, 0.1) is 13.8 Å². The van der Waals surface area contributed by atoms with Crippen LogP contribution in [0.25, 0.3) is 28.2 Å². The van der Waals surface area contributed by atoms with Gasteiger partial charge in [0, 0.05) is 12.6 Å². The molecule has 0 radical (unpaired) electrons. The molecule has 5 heteroatoms. The van der Waals surface area contributed by atoms with Crippen LogP contribution in [-0.2, 0) is 4.79 Å². The summed E-state index contributed by atoms with van der Waals surface area (Å²) in [5.41, 5.74) is 5.55. The van der Waals surface area contributed by atoms with E-state index in [1.807, 2.05) is 74.5 Å². The van der Waals surface area contributed by atoms with Crippen molar-refractivity contribution in [3.05, 3.63) is 99.6 Å². The van der Waals surface area contributed by atoms with Gasteiger partial charge in [0.1, 0.15) is 5.82 Å². The van der Waals surface area contributed by atoms with Crippen LogP contribution in [0.4, 0.5) is 5.69 Å². The molecule has 0 spiro atoms. The van der Waals surface area contributed by atoms with Crippen molar-refractivity contribution in [2.24, 2.45) is 0 Å². The van der Waals surface area contributed by atoms with Crippen molar-refractivity contribution in [2.75, 3.05) is 11.9 Å². The number of fused-ring (bicyclic) bond motifs is 2. The first kappa shape index (κ1) is 19.0. The summed E-state index contributed by atoms with van der Waals surface area (Å²) in [5.74, 6) is 0.317. The molecule has 5 rings (SSSR count). The molecule has 1 aromatic heterocycles. The van der Waals surface area contributed by atoms with Crippen molar-refractivity contribution in [1.82, 2.24) is 9.55 Å². The number of hydrogen-bond donors (Lipinski definition) is 0. The minimum Gasteiger partial charge on any atom is -0.311 e. The van der Waals surface area contributed by atoms with Crippen molar-refractivity contribution < 1.29 is 4.79 Å². The van der Waals surface area contributed by atoms with E-state index in [0.717, 1.165) is 22.4 Å². The molecule has 0 saturated heterocycles. The zero-order valence-electron chi connectivity index (χ0n) is 17.6. The van der Waals surface area contributed by atoms with Crippen LogP contribution in [0.15, 0.2) is 71.5 Å². The highest BCUT2D eigenvalue weighted by Crippen LogP contribution is 2.37. The van der Waals surface area contributed by atoms with Crippen molar-refractivity contribution in [1.29, 1.82) is 0 Å². The number of para-hydroxylation sites is 1. The standard InChI is InChI=1S/C26H21N3O2/c1-16-8-11-18(12-9-16)29-24(27-22-7-5-4-6-19(22)26(29)31)15-21-20-14-17(2)10-13-23(20)28(3)25(21)30/h4-15H,1-3H3/b21-15+. The Balaban J connectivity index is 1.82. The fraction of sp³-hybridized carbons (Fsp3) is 0.115. The minimum atomic E-state index is -0.162. The zero-order valence-corrected chi connectivity index (χ0v) is 17.6. The molecule has 152 valence electrons. The number of anilines is 1. The highest BCUT2D eigenvalue weighted by atomic mass is 16.2. The lowest BCUT2D eigenvalue weighted by molar-refractivity contribution is -0.112. The van der Waals surface area contributed by atoms with E-state index in [4.69, 9.17) is 4.98 Å². The van der Waals surface area contributed by atoms with E-state index >= 15 is 0 Å². The van der Waals surface area contributed by atoms with E-state index in [2.05, 4.69) is 0 Å². The third-order valence-corrected chi connectivity index (χ3v) is 5.71. The van der Waals surface area contributed by atoms with Crippen molar-refractivity contribution >= 4 is 34.1 Å². The summed E-state index contributed by atoms with van der Waals surface area (Å²) < 4.78 is 1.58. The van der Waals surface area contributed by atoms with Gasteiger partial charge in [0.05, 0.1) is 27.9 Å². The molecule has 4 aromatic rings. The molecule has 0 bridgehead atoms. The van der Waals surface area contributed by atoms with Crippen LogP contribution in [0.1, 0.15) is 22.5 Å². The molecule has 0 aliphatic carbocycles. The molecule has 3 aromatic carbocycles. The summed E-state index contributed by atoms with van der Waals surface area (Å²) in [6.45, 7) is 4.00. The first-order valence-electron chi connectivity index (χ1n) is 10.1. The van der Waals surface area contributed by atoms with Gasteiger partial charge >= 0.3 is 0 Å². The van der Waals surface area contributed by atoms with Gasteiger partial charge in [0.15, 0.2) is 0 Å². The molecule has 0 saturated carbocycles. The largest absolute Gasteiger partial charge is 0.311 e. The Hall–Kier alpha value is -3.99. The van der Waals surface area contributed by atoms with Gasteiger partial charge in [0.2, 0.25) is 0 Å². The second-order valence-corrected chi connectivity index (χ2v) is 7.91. The lowest BCUT2D eigenvalue weighted by atomic mass is 10.0. The third-order valence-electron chi connectivity index (χ3n) is 5.71. The maximum absolute atomic E-state index is 13.5. The molecule has 1 aliphatic rings. The summed E-state index contributed by atoms with van der Waals surface area (Å²) in [5, 5.41) is 0.538. The average Bonchev–Trinajstić information content (AvgIpc) is 2.99. The van der Waals surface area contributed by atoms with Crippen molar-refractivity contribution in [3.63, 3.8) is 0 Å². The third kappa shape index (κ3) is 3.06. The fourth-order valence-corrected chi connectivity index (χ4v) is 4.02. The lowest BCUT2D eigenvalue weighted by Crippen LogP contribution is -2.23. The van der Waals surface area contributed by atoms with Crippen LogP contribution >= 0.6 is 0 Å². The molecule has 5 nitrogen and oxygen atoms in total. The highest BCUT2D eigenvalue weighted by Gasteiger charge is 2.30. The molecular formula is C26H21N3O2. The zero-order chi connectivity index (χ0) is 21.7. The molecule has 31 heavy (non-hydrogen) atoms. The van der Waals surface area contributed by atoms with E-state index in [9.17, 15) is 9.59 Å². The van der Waals surface area contributed by atoms with Crippen LogP contribution < -0.4 is 10.5 Å². The number of carbonyl (C=O) groups is 1. The number of likely N-dealkylation sites (N-methyl/N-ethyl adjacent to an activating group) is 1. The second kappa shape index (κ2) is 7.06. The Kier molecular flexibility index (Phi) is 4.33. The van der Waals surface area contributed by atoms with Crippen molar-refractivity contribution in [2.45, 2.75) is 13.8 Å². The lowest BCUT2D eigenvalue weighted by Gasteiger charge is -2.12. The van der Waals surface area contributed by atoms with Crippen LogP contribution in [0.3, 0.4) is 0 Å². The number of nitrogens with zero attached hydrogens (tertiary/aromatic N) is 3. The Morgan fingerprint density at radius 2 is 1.58 bits per heavy atom. The molecule has 0 N–H and O–H groups in total. The molecular weight excluding hydrogens is 386 g/mol. The maximum atomic E-state index is 13.5. The molecule has 0 fully saturated rings. The molecule has 2 heterocycles. The summed E-state index contributed by atoms with van der Waals surface area (Å²) in [7, 11) is 1.76.